The Morgan fingerprint density at radius 3 is 2.76 bits per heavy atom. The molecule has 0 bridgehead atoms. The number of hydrogen-bond donors (Lipinski definition) is 1. The molecule has 0 saturated heterocycles. The molecule has 1 aromatic heterocycles. The molecule has 0 aromatic carbocycles. The van der Waals surface area contributed by atoms with Crippen molar-refractivity contribution in [2.24, 2.45) is 5.73 Å². The van der Waals surface area contributed by atoms with Crippen molar-refractivity contribution in [2.45, 2.75) is 45.7 Å². The monoisotopic (exact) mass is 239 g/mol. The molecule has 0 aliphatic heterocycles. The van der Waals surface area contributed by atoms with Crippen LogP contribution in [-0.4, -0.2) is 28.6 Å². The Hall–Kier alpha value is -1.36. The highest BCUT2D eigenvalue weighted by atomic mass is 16.5. The van der Waals surface area contributed by atoms with Crippen LogP contribution in [0.15, 0.2) is 10.6 Å². The lowest BCUT2D eigenvalue weighted by Crippen LogP contribution is -2.51. The van der Waals surface area contributed by atoms with E-state index in [-0.39, 0.29) is 5.91 Å². The smallest absolute Gasteiger partial charge is 0.242 e. The first-order chi connectivity index (χ1) is 7.86. The van der Waals surface area contributed by atoms with Gasteiger partial charge in [-0.3, -0.25) is 4.79 Å². The molecule has 1 unspecified atom stereocenters. The average Bonchev–Trinajstić information content (AvgIpc) is 2.62. The summed E-state index contributed by atoms with van der Waals surface area (Å²) in [5.41, 5.74) is 5.93. The second-order valence-corrected chi connectivity index (χ2v) is 4.76. The van der Waals surface area contributed by atoms with Gasteiger partial charge < -0.3 is 15.2 Å². The molecule has 5 nitrogen and oxygen atoms in total. The Bertz CT molecular complexity index is 385. The van der Waals surface area contributed by atoms with Gasteiger partial charge in [-0.2, -0.15) is 0 Å². The Morgan fingerprint density at radius 1 is 1.65 bits per heavy atom. The number of aromatic nitrogens is 1. The molecule has 17 heavy (non-hydrogen) atoms. The number of aryl methyl sites for hydroxylation is 1. The second-order valence-electron chi connectivity index (χ2n) is 4.76. The highest BCUT2D eigenvalue weighted by Gasteiger charge is 2.30. The number of nitrogens with two attached hydrogens (primary N) is 1. The van der Waals surface area contributed by atoms with E-state index in [4.69, 9.17) is 10.3 Å². The van der Waals surface area contributed by atoms with Crippen LogP contribution >= 0.6 is 0 Å². The van der Waals surface area contributed by atoms with E-state index in [1.165, 1.54) is 0 Å². The Balaban J connectivity index is 2.64. The van der Waals surface area contributed by atoms with Gasteiger partial charge in [0.15, 0.2) is 0 Å². The van der Waals surface area contributed by atoms with Crippen molar-refractivity contribution in [3.8, 4) is 0 Å². The molecule has 0 saturated carbocycles. The van der Waals surface area contributed by atoms with Crippen molar-refractivity contribution >= 4 is 5.91 Å². The van der Waals surface area contributed by atoms with Crippen LogP contribution in [0, 0.1) is 6.92 Å². The van der Waals surface area contributed by atoms with E-state index in [0.717, 1.165) is 17.9 Å². The van der Waals surface area contributed by atoms with E-state index in [1.807, 2.05) is 19.9 Å². The van der Waals surface area contributed by atoms with Crippen molar-refractivity contribution in [1.82, 2.24) is 10.1 Å². The van der Waals surface area contributed by atoms with Gasteiger partial charge in [-0.1, -0.05) is 18.5 Å². The third-order valence-electron chi connectivity index (χ3n) is 2.68. The van der Waals surface area contributed by atoms with Crippen LogP contribution in [0.25, 0.3) is 0 Å². The van der Waals surface area contributed by atoms with Gasteiger partial charge in [0.1, 0.15) is 11.5 Å². The summed E-state index contributed by atoms with van der Waals surface area (Å²) in [6.07, 6.45) is 1.56. The zero-order chi connectivity index (χ0) is 13.1. The van der Waals surface area contributed by atoms with Crippen molar-refractivity contribution in [3.05, 3.63) is 17.5 Å². The van der Waals surface area contributed by atoms with E-state index in [0.29, 0.717) is 13.0 Å². The average molecular weight is 239 g/mol. The molecule has 0 fully saturated rings. The topological polar surface area (TPSA) is 72.4 Å². The highest BCUT2D eigenvalue weighted by molar-refractivity contribution is 5.85. The number of nitrogens with zero attached hydrogens (tertiary/aromatic N) is 2. The summed E-state index contributed by atoms with van der Waals surface area (Å²) in [6, 6.07) is 1.82. The number of carbonyl (C=O) groups is 1. The predicted molar refractivity (Wildman–Crippen MR) is 65.2 cm³/mol. The normalized spacial score (nSPS) is 14.4. The first kappa shape index (κ1) is 13.7. The molecule has 1 amide bonds. The molecular formula is C12H21N3O2. The SMILES string of the molecule is CCCC(C)(N)C(=O)N(C)Cc1cc(C)on1. The number of likely N-dealkylation sites (N-methyl/N-ethyl adjacent to an activating group) is 1. The first-order valence-electron chi connectivity index (χ1n) is 5.83. The number of rotatable bonds is 5. The number of amides is 1. The molecule has 2 N–H and O–H groups in total. The quantitative estimate of drug-likeness (QED) is 0.844. The van der Waals surface area contributed by atoms with Gasteiger partial charge in [0.05, 0.1) is 12.1 Å². The van der Waals surface area contributed by atoms with Crippen molar-refractivity contribution in [2.75, 3.05) is 7.05 Å². The van der Waals surface area contributed by atoms with Gasteiger partial charge in [-0.25, -0.2) is 0 Å². The molecule has 0 aliphatic carbocycles. The minimum atomic E-state index is -0.803. The summed E-state index contributed by atoms with van der Waals surface area (Å²) < 4.78 is 4.96. The largest absolute Gasteiger partial charge is 0.361 e. The minimum Gasteiger partial charge on any atom is -0.361 e. The first-order valence-corrected chi connectivity index (χ1v) is 5.83. The van der Waals surface area contributed by atoms with Crippen LogP contribution in [0.3, 0.4) is 0 Å². The van der Waals surface area contributed by atoms with E-state index < -0.39 is 5.54 Å². The van der Waals surface area contributed by atoms with Crippen molar-refractivity contribution in [3.63, 3.8) is 0 Å². The molecule has 96 valence electrons. The Kier molecular flexibility index (Phi) is 4.28. The fourth-order valence-electron chi connectivity index (χ4n) is 1.87. The van der Waals surface area contributed by atoms with Gasteiger partial charge in [0, 0.05) is 13.1 Å². The van der Waals surface area contributed by atoms with E-state index in [2.05, 4.69) is 5.16 Å². The van der Waals surface area contributed by atoms with Crippen molar-refractivity contribution < 1.29 is 9.32 Å². The molecule has 1 heterocycles. The molecule has 0 spiro atoms. The zero-order valence-corrected chi connectivity index (χ0v) is 11.0. The summed E-state index contributed by atoms with van der Waals surface area (Å²) in [5.74, 6) is 0.671. The summed E-state index contributed by atoms with van der Waals surface area (Å²) in [6.45, 7) is 6.03. The fraction of sp³-hybridized carbons (Fsp3) is 0.667. The minimum absolute atomic E-state index is 0.0694. The third-order valence-corrected chi connectivity index (χ3v) is 2.68. The van der Waals surface area contributed by atoms with Crippen LogP contribution in [0.5, 0.6) is 0 Å². The lowest BCUT2D eigenvalue weighted by atomic mass is 9.96. The lowest BCUT2D eigenvalue weighted by Gasteiger charge is -2.28. The highest BCUT2D eigenvalue weighted by Crippen LogP contribution is 2.14. The van der Waals surface area contributed by atoms with Crippen LogP contribution in [0.4, 0.5) is 0 Å². The van der Waals surface area contributed by atoms with Gasteiger partial charge >= 0.3 is 0 Å². The molecule has 1 aromatic rings. The van der Waals surface area contributed by atoms with Gasteiger partial charge in [0.25, 0.3) is 0 Å². The fourth-order valence-corrected chi connectivity index (χ4v) is 1.87. The number of hydrogen-bond acceptors (Lipinski definition) is 4. The second kappa shape index (κ2) is 5.31. The standard InChI is InChI=1S/C12H21N3O2/c1-5-6-12(3,13)11(16)15(4)8-10-7-9(2)17-14-10/h7H,5-6,8,13H2,1-4H3. The summed E-state index contributed by atoms with van der Waals surface area (Å²) in [7, 11) is 1.73. The molecule has 1 rings (SSSR count). The maximum atomic E-state index is 12.1. The molecular weight excluding hydrogens is 218 g/mol. The van der Waals surface area contributed by atoms with E-state index in [1.54, 1.807) is 18.9 Å². The van der Waals surface area contributed by atoms with Gasteiger partial charge in [0.2, 0.25) is 5.91 Å². The molecule has 0 radical (unpaired) electrons. The third kappa shape index (κ3) is 3.56. The maximum Gasteiger partial charge on any atom is 0.242 e. The Labute approximate surface area is 102 Å². The number of carbonyl (C=O) groups excluding carboxylic acids is 1. The van der Waals surface area contributed by atoms with E-state index in [9.17, 15) is 4.79 Å². The molecule has 5 heteroatoms. The van der Waals surface area contributed by atoms with Crippen LogP contribution in [0.2, 0.25) is 0 Å². The molecule has 1 atom stereocenters. The van der Waals surface area contributed by atoms with Crippen LogP contribution < -0.4 is 5.73 Å². The van der Waals surface area contributed by atoms with Gasteiger partial charge in [-0.15, -0.1) is 0 Å². The van der Waals surface area contributed by atoms with E-state index >= 15 is 0 Å². The molecule has 0 aliphatic rings. The predicted octanol–water partition coefficient (Wildman–Crippen LogP) is 1.46. The lowest BCUT2D eigenvalue weighted by molar-refractivity contribution is -0.135. The van der Waals surface area contributed by atoms with Crippen LogP contribution in [0.1, 0.15) is 38.1 Å². The maximum absolute atomic E-state index is 12.1. The van der Waals surface area contributed by atoms with Crippen molar-refractivity contribution in [1.29, 1.82) is 0 Å². The Morgan fingerprint density at radius 2 is 2.29 bits per heavy atom. The van der Waals surface area contributed by atoms with Crippen LogP contribution in [-0.2, 0) is 11.3 Å². The summed E-state index contributed by atoms with van der Waals surface area (Å²) in [5, 5.41) is 3.86. The summed E-state index contributed by atoms with van der Waals surface area (Å²) >= 11 is 0. The zero-order valence-electron chi connectivity index (χ0n) is 11.0. The summed E-state index contributed by atoms with van der Waals surface area (Å²) in [4.78, 5) is 13.7. The van der Waals surface area contributed by atoms with Gasteiger partial charge in [-0.05, 0) is 20.3 Å².